The summed E-state index contributed by atoms with van der Waals surface area (Å²) in [4.78, 5) is 34.1. The van der Waals surface area contributed by atoms with Crippen molar-refractivity contribution >= 4 is 16.9 Å². The third-order valence-electron chi connectivity index (χ3n) is 5.51. The van der Waals surface area contributed by atoms with Gasteiger partial charge in [0.2, 0.25) is 0 Å². The highest BCUT2D eigenvalue weighted by atomic mass is 16.1. The van der Waals surface area contributed by atoms with E-state index in [9.17, 15) is 4.79 Å². The zero-order valence-corrected chi connectivity index (χ0v) is 17.0. The number of piperazine rings is 1. The van der Waals surface area contributed by atoms with E-state index in [1.54, 1.807) is 37.1 Å². The van der Waals surface area contributed by atoms with E-state index in [0.29, 0.717) is 12.2 Å². The number of pyridine rings is 2. The zero-order chi connectivity index (χ0) is 21.0. The first-order valence-electron chi connectivity index (χ1n) is 10.3. The molecule has 0 bridgehead atoms. The molecule has 0 spiro atoms. The van der Waals surface area contributed by atoms with Crippen molar-refractivity contribution in [1.82, 2.24) is 34.6 Å². The predicted octanol–water partition coefficient (Wildman–Crippen LogP) is 1.47. The van der Waals surface area contributed by atoms with Crippen LogP contribution >= 0.6 is 0 Å². The fourth-order valence-corrected chi connectivity index (χ4v) is 3.83. The van der Waals surface area contributed by atoms with Gasteiger partial charge in [-0.1, -0.05) is 0 Å². The van der Waals surface area contributed by atoms with Crippen LogP contribution in [0.5, 0.6) is 0 Å². The second kappa shape index (κ2) is 8.57. The number of hydrogen-bond donors (Lipinski definition) is 0. The number of aromatic nitrogens is 6. The topological polar surface area (TPSA) is 92.9 Å². The lowest BCUT2D eigenvalue weighted by Crippen LogP contribution is -2.48. The van der Waals surface area contributed by atoms with Crippen LogP contribution in [0.3, 0.4) is 0 Å². The molecule has 0 saturated carbocycles. The van der Waals surface area contributed by atoms with Crippen molar-refractivity contribution in [3.8, 4) is 11.3 Å². The summed E-state index contributed by atoms with van der Waals surface area (Å²) in [7, 11) is 0. The molecule has 4 aromatic rings. The Labute approximate surface area is 179 Å². The molecule has 0 aliphatic carbocycles. The summed E-state index contributed by atoms with van der Waals surface area (Å²) in [6.45, 7) is 4.82. The van der Waals surface area contributed by atoms with E-state index in [0.717, 1.165) is 55.2 Å². The molecule has 0 unspecified atom stereocenters. The van der Waals surface area contributed by atoms with E-state index in [4.69, 9.17) is 0 Å². The normalized spacial score (nSPS) is 14.8. The molecule has 0 atom stereocenters. The van der Waals surface area contributed by atoms with E-state index >= 15 is 0 Å². The molecule has 5 rings (SSSR count). The standard InChI is InChI=1S/C22H22N8O/c31-20-6-5-19(17-3-1-7-23-15-17)27-30(20)14-11-28-9-12-29(13-10-28)22-18-4-2-8-24-21(18)25-16-26-22/h1-8,15-16H,9-14H2. The molecule has 1 aliphatic rings. The zero-order valence-electron chi connectivity index (χ0n) is 17.0. The monoisotopic (exact) mass is 414 g/mol. The van der Waals surface area contributed by atoms with Gasteiger partial charge < -0.3 is 4.90 Å². The summed E-state index contributed by atoms with van der Waals surface area (Å²) >= 11 is 0. The first kappa shape index (κ1) is 19.3. The molecule has 1 saturated heterocycles. The van der Waals surface area contributed by atoms with Gasteiger partial charge in [0.15, 0.2) is 5.65 Å². The quantitative estimate of drug-likeness (QED) is 0.485. The summed E-state index contributed by atoms with van der Waals surface area (Å²) in [6.07, 6.45) is 6.80. The van der Waals surface area contributed by atoms with E-state index < -0.39 is 0 Å². The number of fused-ring (bicyclic) bond motifs is 1. The molecule has 156 valence electrons. The largest absolute Gasteiger partial charge is 0.353 e. The van der Waals surface area contributed by atoms with Crippen LogP contribution < -0.4 is 10.5 Å². The molecule has 4 aromatic heterocycles. The van der Waals surface area contributed by atoms with Crippen LogP contribution in [0.25, 0.3) is 22.3 Å². The van der Waals surface area contributed by atoms with Crippen molar-refractivity contribution in [2.75, 3.05) is 37.6 Å². The minimum absolute atomic E-state index is 0.0915. The van der Waals surface area contributed by atoms with E-state index in [2.05, 4.69) is 34.8 Å². The Morgan fingerprint density at radius 3 is 2.58 bits per heavy atom. The Morgan fingerprint density at radius 1 is 0.871 bits per heavy atom. The highest BCUT2D eigenvalue weighted by molar-refractivity contribution is 5.86. The van der Waals surface area contributed by atoms with E-state index in [1.165, 1.54) is 4.68 Å². The van der Waals surface area contributed by atoms with Gasteiger partial charge in [0, 0.05) is 62.9 Å². The highest BCUT2D eigenvalue weighted by Gasteiger charge is 2.20. The summed E-state index contributed by atoms with van der Waals surface area (Å²) in [5, 5.41) is 5.50. The van der Waals surface area contributed by atoms with Gasteiger partial charge in [-0.05, 0) is 30.3 Å². The van der Waals surface area contributed by atoms with Crippen LogP contribution in [0.15, 0.2) is 66.1 Å². The molecule has 1 aliphatic heterocycles. The van der Waals surface area contributed by atoms with Crippen LogP contribution in [0.2, 0.25) is 0 Å². The van der Waals surface area contributed by atoms with Crippen molar-refractivity contribution in [1.29, 1.82) is 0 Å². The van der Waals surface area contributed by atoms with E-state index in [1.807, 2.05) is 24.3 Å². The lowest BCUT2D eigenvalue weighted by atomic mass is 10.2. The van der Waals surface area contributed by atoms with Crippen LogP contribution in [0.1, 0.15) is 0 Å². The van der Waals surface area contributed by atoms with Crippen molar-refractivity contribution in [3.05, 3.63) is 71.7 Å². The average Bonchev–Trinajstić information content (AvgIpc) is 2.84. The molecule has 0 radical (unpaired) electrons. The van der Waals surface area contributed by atoms with Gasteiger partial charge in [-0.15, -0.1) is 0 Å². The summed E-state index contributed by atoms with van der Waals surface area (Å²) < 4.78 is 1.54. The molecule has 1 fully saturated rings. The van der Waals surface area contributed by atoms with Gasteiger partial charge in [-0.3, -0.25) is 14.7 Å². The Hall–Kier alpha value is -3.72. The van der Waals surface area contributed by atoms with Crippen molar-refractivity contribution in [2.45, 2.75) is 6.54 Å². The average molecular weight is 414 g/mol. The van der Waals surface area contributed by atoms with Crippen molar-refractivity contribution < 1.29 is 0 Å². The molecule has 5 heterocycles. The van der Waals surface area contributed by atoms with Crippen LogP contribution in [-0.4, -0.2) is 67.3 Å². The Bertz CT molecular complexity index is 1230. The SMILES string of the molecule is O=c1ccc(-c2cccnc2)nn1CCN1CCN(c2ncnc3ncccc23)CC1. The number of nitrogens with zero attached hydrogens (tertiary/aromatic N) is 8. The maximum Gasteiger partial charge on any atom is 0.266 e. The number of anilines is 1. The summed E-state index contributed by atoms with van der Waals surface area (Å²) in [5.41, 5.74) is 2.28. The predicted molar refractivity (Wildman–Crippen MR) is 118 cm³/mol. The summed E-state index contributed by atoms with van der Waals surface area (Å²) in [5.74, 6) is 0.930. The Balaban J connectivity index is 1.23. The first-order valence-corrected chi connectivity index (χ1v) is 10.3. The minimum atomic E-state index is -0.0915. The lowest BCUT2D eigenvalue weighted by Gasteiger charge is -2.35. The van der Waals surface area contributed by atoms with Gasteiger partial charge in [0.1, 0.15) is 12.1 Å². The van der Waals surface area contributed by atoms with Crippen molar-refractivity contribution in [3.63, 3.8) is 0 Å². The smallest absolute Gasteiger partial charge is 0.266 e. The maximum absolute atomic E-state index is 12.3. The van der Waals surface area contributed by atoms with Crippen molar-refractivity contribution in [2.24, 2.45) is 0 Å². The third kappa shape index (κ3) is 4.13. The van der Waals surface area contributed by atoms with Gasteiger partial charge in [-0.2, -0.15) is 5.10 Å². The summed E-state index contributed by atoms with van der Waals surface area (Å²) in [6, 6.07) is 11.0. The molecular formula is C22H22N8O. The molecule has 0 N–H and O–H groups in total. The van der Waals surface area contributed by atoms with Crippen LogP contribution in [0.4, 0.5) is 5.82 Å². The molecule has 9 nitrogen and oxygen atoms in total. The number of rotatable bonds is 5. The van der Waals surface area contributed by atoms with Gasteiger partial charge >= 0.3 is 0 Å². The second-order valence-corrected chi connectivity index (χ2v) is 7.42. The first-order chi connectivity index (χ1) is 15.3. The molecule has 9 heteroatoms. The Morgan fingerprint density at radius 2 is 1.74 bits per heavy atom. The molecule has 0 aromatic carbocycles. The van der Waals surface area contributed by atoms with E-state index in [-0.39, 0.29) is 5.56 Å². The molecular weight excluding hydrogens is 392 g/mol. The fourth-order valence-electron chi connectivity index (χ4n) is 3.83. The number of hydrogen-bond acceptors (Lipinski definition) is 8. The fraction of sp³-hybridized carbons (Fsp3) is 0.273. The van der Waals surface area contributed by atoms with Gasteiger partial charge in [0.25, 0.3) is 5.56 Å². The maximum atomic E-state index is 12.3. The van der Waals surface area contributed by atoms with Crippen LogP contribution in [0, 0.1) is 0 Å². The van der Waals surface area contributed by atoms with Gasteiger partial charge in [-0.25, -0.2) is 19.6 Å². The minimum Gasteiger partial charge on any atom is -0.353 e. The van der Waals surface area contributed by atoms with Gasteiger partial charge in [0.05, 0.1) is 17.6 Å². The Kier molecular flexibility index (Phi) is 5.32. The lowest BCUT2D eigenvalue weighted by molar-refractivity contribution is 0.242. The highest BCUT2D eigenvalue weighted by Crippen LogP contribution is 2.22. The third-order valence-corrected chi connectivity index (χ3v) is 5.51. The second-order valence-electron chi connectivity index (χ2n) is 7.42. The van der Waals surface area contributed by atoms with Crippen LogP contribution in [-0.2, 0) is 6.54 Å². The molecule has 0 amide bonds. The molecule has 31 heavy (non-hydrogen) atoms.